The van der Waals surface area contributed by atoms with Gasteiger partial charge in [0.1, 0.15) is 52.6 Å². The minimum atomic E-state index is -1.66. The summed E-state index contributed by atoms with van der Waals surface area (Å²) in [5, 5.41) is 68.7. The number of aromatic hydroxyl groups is 3. The molecule has 0 amide bonds. The molecular formula is C21H20O11. The Morgan fingerprint density at radius 2 is 1.66 bits per heavy atom. The molecule has 0 radical (unpaired) electrons. The summed E-state index contributed by atoms with van der Waals surface area (Å²) in [7, 11) is 0. The number of fused-ring (bicyclic) bond motifs is 1. The van der Waals surface area contributed by atoms with E-state index in [-0.39, 0.29) is 33.8 Å². The van der Waals surface area contributed by atoms with E-state index in [9.17, 15) is 40.5 Å². The highest BCUT2D eigenvalue weighted by Crippen LogP contribution is 2.35. The molecule has 0 unspecified atom stereocenters. The molecule has 0 bridgehead atoms. The zero-order chi connectivity index (χ0) is 23.2. The molecule has 170 valence electrons. The van der Waals surface area contributed by atoms with Crippen LogP contribution in [0.15, 0.2) is 45.6 Å². The molecule has 1 aromatic heterocycles. The van der Waals surface area contributed by atoms with E-state index in [1.807, 2.05) is 0 Å². The van der Waals surface area contributed by atoms with Crippen molar-refractivity contribution in [2.75, 3.05) is 6.61 Å². The number of phenolic OH excluding ortho intramolecular Hbond substituents is 3. The molecule has 11 nitrogen and oxygen atoms in total. The average molecular weight is 448 g/mol. The van der Waals surface area contributed by atoms with Crippen molar-refractivity contribution in [3.05, 3.63) is 46.6 Å². The molecule has 11 heteroatoms. The molecule has 1 aliphatic rings. The molecule has 2 aromatic carbocycles. The van der Waals surface area contributed by atoms with Gasteiger partial charge in [-0.1, -0.05) is 0 Å². The third-order valence-electron chi connectivity index (χ3n) is 5.13. The molecule has 32 heavy (non-hydrogen) atoms. The smallest absolute Gasteiger partial charge is 0.229 e. The van der Waals surface area contributed by atoms with Crippen LogP contribution in [0, 0.1) is 0 Å². The summed E-state index contributed by atoms with van der Waals surface area (Å²) in [4.78, 5) is 12.4. The number of hydrogen-bond donors (Lipinski definition) is 7. The summed E-state index contributed by atoms with van der Waals surface area (Å²) in [5.41, 5.74) is -0.378. The summed E-state index contributed by atoms with van der Waals surface area (Å²) in [6.07, 6.45) is -7.54. The Bertz CT molecular complexity index is 1200. The lowest BCUT2D eigenvalue weighted by Gasteiger charge is -2.39. The molecule has 5 atom stereocenters. The zero-order valence-corrected chi connectivity index (χ0v) is 16.3. The van der Waals surface area contributed by atoms with Gasteiger partial charge in [0.05, 0.1) is 6.61 Å². The third-order valence-corrected chi connectivity index (χ3v) is 5.13. The zero-order valence-electron chi connectivity index (χ0n) is 16.3. The van der Waals surface area contributed by atoms with Crippen molar-refractivity contribution in [2.24, 2.45) is 0 Å². The highest BCUT2D eigenvalue weighted by molar-refractivity contribution is 5.86. The Hall–Kier alpha value is -3.35. The maximum atomic E-state index is 12.4. The first-order valence-electron chi connectivity index (χ1n) is 9.50. The van der Waals surface area contributed by atoms with Crippen LogP contribution >= 0.6 is 0 Å². The second-order valence-electron chi connectivity index (χ2n) is 7.31. The topological polar surface area (TPSA) is 190 Å². The van der Waals surface area contributed by atoms with Crippen molar-refractivity contribution < 1.29 is 49.6 Å². The van der Waals surface area contributed by atoms with E-state index < -0.39 is 54.2 Å². The van der Waals surface area contributed by atoms with Crippen molar-refractivity contribution in [3.63, 3.8) is 0 Å². The van der Waals surface area contributed by atoms with E-state index in [4.69, 9.17) is 13.9 Å². The quantitative estimate of drug-likeness (QED) is 0.279. The number of benzene rings is 2. The summed E-state index contributed by atoms with van der Waals surface area (Å²) in [6.45, 7) is -0.637. The Balaban J connectivity index is 1.64. The molecule has 1 aliphatic heterocycles. The van der Waals surface area contributed by atoms with Crippen LogP contribution in [0.2, 0.25) is 0 Å². The Labute approximate surface area is 179 Å². The predicted molar refractivity (Wildman–Crippen MR) is 107 cm³/mol. The summed E-state index contributed by atoms with van der Waals surface area (Å²) >= 11 is 0. The van der Waals surface area contributed by atoms with Gasteiger partial charge in [-0.25, -0.2) is 0 Å². The van der Waals surface area contributed by atoms with E-state index in [1.54, 1.807) is 0 Å². The van der Waals surface area contributed by atoms with Gasteiger partial charge in [-0.05, 0) is 18.2 Å². The molecule has 1 saturated heterocycles. The van der Waals surface area contributed by atoms with Gasteiger partial charge in [-0.2, -0.15) is 0 Å². The lowest BCUT2D eigenvalue weighted by Crippen LogP contribution is -2.60. The van der Waals surface area contributed by atoms with Crippen LogP contribution in [0.5, 0.6) is 23.0 Å². The van der Waals surface area contributed by atoms with Crippen LogP contribution in [-0.4, -0.2) is 73.1 Å². The SMILES string of the molecule is O=c1cc(-c2ccc(O[C@H]3O[C@@H](CO)[C@H](O)[C@@H](O)[C@@H]3O)c(O)c2)oc2cc(O)cc(O)c12. The number of rotatable bonds is 4. The van der Waals surface area contributed by atoms with Gasteiger partial charge in [0.2, 0.25) is 6.29 Å². The van der Waals surface area contributed by atoms with Gasteiger partial charge in [0.25, 0.3) is 0 Å². The second-order valence-corrected chi connectivity index (χ2v) is 7.31. The lowest BCUT2D eigenvalue weighted by molar-refractivity contribution is -0.277. The summed E-state index contributed by atoms with van der Waals surface area (Å²) in [6, 6.07) is 7.19. The number of ether oxygens (including phenoxy) is 2. The Morgan fingerprint density at radius 3 is 2.34 bits per heavy atom. The van der Waals surface area contributed by atoms with Crippen LogP contribution in [0.4, 0.5) is 0 Å². The largest absolute Gasteiger partial charge is 0.508 e. The monoisotopic (exact) mass is 448 g/mol. The van der Waals surface area contributed by atoms with Gasteiger partial charge >= 0.3 is 0 Å². The fourth-order valence-corrected chi connectivity index (χ4v) is 3.46. The molecule has 0 spiro atoms. The molecule has 7 N–H and O–H groups in total. The normalized spacial score (nSPS) is 25.7. The van der Waals surface area contributed by atoms with E-state index >= 15 is 0 Å². The van der Waals surface area contributed by atoms with Crippen molar-refractivity contribution in [1.82, 2.24) is 0 Å². The van der Waals surface area contributed by atoms with Crippen LogP contribution < -0.4 is 10.2 Å². The first-order chi connectivity index (χ1) is 15.2. The van der Waals surface area contributed by atoms with Crippen molar-refractivity contribution in [1.29, 1.82) is 0 Å². The summed E-state index contributed by atoms with van der Waals surface area (Å²) < 4.78 is 16.2. The molecule has 0 saturated carbocycles. The minimum Gasteiger partial charge on any atom is -0.508 e. The molecule has 1 fully saturated rings. The van der Waals surface area contributed by atoms with E-state index in [1.165, 1.54) is 18.2 Å². The Morgan fingerprint density at radius 1 is 0.906 bits per heavy atom. The van der Waals surface area contributed by atoms with Gasteiger partial charge < -0.3 is 49.6 Å². The van der Waals surface area contributed by atoms with E-state index in [0.29, 0.717) is 0 Å². The van der Waals surface area contributed by atoms with Gasteiger partial charge in [0.15, 0.2) is 16.9 Å². The molecular weight excluding hydrogens is 428 g/mol. The van der Waals surface area contributed by atoms with E-state index in [2.05, 4.69) is 0 Å². The van der Waals surface area contributed by atoms with Crippen LogP contribution in [0.3, 0.4) is 0 Å². The van der Waals surface area contributed by atoms with Crippen LogP contribution in [-0.2, 0) is 4.74 Å². The van der Waals surface area contributed by atoms with Crippen LogP contribution in [0.25, 0.3) is 22.3 Å². The molecule has 2 heterocycles. The fourth-order valence-electron chi connectivity index (χ4n) is 3.46. The maximum absolute atomic E-state index is 12.4. The van der Waals surface area contributed by atoms with Crippen molar-refractivity contribution in [2.45, 2.75) is 30.7 Å². The van der Waals surface area contributed by atoms with Crippen molar-refractivity contribution in [3.8, 4) is 34.3 Å². The van der Waals surface area contributed by atoms with Crippen LogP contribution in [0.1, 0.15) is 0 Å². The molecule has 0 aliphatic carbocycles. The number of hydrogen-bond acceptors (Lipinski definition) is 11. The molecule has 3 aromatic rings. The number of aliphatic hydroxyl groups is 4. The maximum Gasteiger partial charge on any atom is 0.229 e. The first kappa shape index (κ1) is 21.9. The third kappa shape index (κ3) is 3.83. The lowest BCUT2D eigenvalue weighted by atomic mass is 9.99. The summed E-state index contributed by atoms with van der Waals surface area (Å²) in [5.74, 6) is -1.30. The highest BCUT2D eigenvalue weighted by atomic mass is 16.7. The Kier molecular flexibility index (Phi) is 5.67. The predicted octanol–water partition coefficient (Wildman–Crippen LogP) is -0.245. The standard InChI is InChI=1S/C21H20O11/c22-7-16-18(27)19(28)20(29)21(32-16)31-13-2-1-8(3-10(13)24)14-6-12(26)17-11(25)4-9(23)5-15(17)30-14/h1-6,16,18-25,27-29H,7H2/t16-,18-,19+,20-,21-/m0/s1. The number of phenols is 3. The number of aliphatic hydroxyl groups excluding tert-OH is 4. The van der Waals surface area contributed by atoms with Gasteiger partial charge in [-0.15, -0.1) is 0 Å². The van der Waals surface area contributed by atoms with Gasteiger partial charge in [0, 0.05) is 23.8 Å². The van der Waals surface area contributed by atoms with E-state index in [0.717, 1.165) is 18.2 Å². The minimum absolute atomic E-state index is 0.0298. The average Bonchev–Trinajstić information content (AvgIpc) is 2.74. The van der Waals surface area contributed by atoms with Gasteiger partial charge in [-0.3, -0.25) is 4.79 Å². The first-order valence-corrected chi connectivity index (χ1v) is 9.50. The molecule has 4 rings (SSSR count). The highest BCUT2D eigenvalue weighted by Gasteiger charge is 2.44. The second kappa shape index (κ2) is 8.30. The van der Waals surface area contributed by atoms with Crippen molar-refractivity contribution >= 4 is 11.0 Å². The fraction of sp³-hybridized carbons (Fsp3) is 0.286.